The molecule has 1 radical (unpaired) electrons. The first-order chi connectivity index (χ1) is 25.3. The summed E-state index contributed by atoms with van der Waals surface area (Å²) in [6.45, 7) is 9.08. The number of fused-ring (bicyclic) bond motifs is 7. The van der Waals surface area contributed by atoms with Crippen LogP contribution >= 0.6 is 11.3 Å². The van der Waals surface area contributed by atoms with Gasteiger partial charge in [-0.2, -0.15) is 0 Å². The van der Waals surface area contributed by atoms with Crippen LogP contribution in [0, 0.1) is 19.1 Å². The summed E-state index contributed by atoms with van der Waals surface area (Å²) < 4.78 is 11.2. The van der Waals surface area contributed by atoms with E-state index in [1.54, 1.807) is 0 Å². The zero-order valence-corrected chi connectivity index (χ0v) is 34.0. The molecule has 53 heavy (non-hydrogen) atoms. The molecule has 10 rings (SSSR count). The number of pyridine rings is 1. The normalized spacial score (nSPS) is 11.6. The Hall–Kier alpha value is -5.17. The molecule has 0 unspecified atom stereocenters. The summed E-state index contributed by atoms with van der Waals surface area (Å²) in [5.74, 6) is 0.828. The zero-order valence-electron chi connectivity index (χ0n) is 29.8. The van der Waals surface area contributed by atoms with Gasteiger partial charge in [-0.05, 0) is 53.3 Å². The number of para-hydroxylation sites is 3. The quantitative estimate of drug-likeness (QED) is 0.131. The summed E-state index contributed by atoms with van der Waals surface area (Å²) in [7, 11) is -1.24. The van der Waals surface area contributed by atoms with Crippen molar-refractivity contribution in [3.63, 3.8) is 0 Å². The van der Waals surface area contributed by atoms with Gasteiger partial charge in [0, 0.05) is 57.5 Å². The Morgan fingerprint density at radius 2 is 1.49 bits per heavy atom. The van der Waals surface area contributed by atoms with Crippen molar-refractivity contribution in [2.75, 3.05) is 0 Å². The molecule has 6 aromatic carbocycles. The van der Waals surface area contributed by atoms with Crippen molar-refractivity contribution in [3.8, 4) is 28.3 Å². The fourth-order valence-corrected chi connectivity index (χ4v) is 8.95. The largest absolute Gasteiger partial charge is 0.501 e. The minimum Gasteiger partial charge on any atom is -0.501 e. The molecule has 10 aromatic rings. The Bertz CT molecular complexity index is 2900. The van der Waals surface area contributed by atoms with Gasteiger partial charge in [0.2, 0.25) is 0 Å². The predicted octanol–water partition coefficient (Wildman–Crippen LogP) is 12.2. The fourth-order valence-electron chi connectivity index (χ4n) is 6.82. The maximum Gasteiger partial charge on any atom is 0.120 e. The number of aromatic nitrogens is 3. The van der Waals surface area contributed by atoms with Gasteiger partial charge in [-0.3, -0.25) is 4.98 Å². The second-order valence-corrected chi connectivity index (χ2v) is 20.4. The van der Waals surface area contributed by atoms with E-state index in [1.807, 2.05) is 53.9 Å². The summed E-state index contributed by atoms with van der Waals surface area (Å²) in [6, 6.07) is 53.0. The molecule has 0 spiro atoms. The topological polar surface area (TPSA) is 43.9 Å². The van der Waals surface area contributed by atoms with Crippen LogP contribution in [0.5, 0.6) is 0 Å². The molecule has 0 aliphatic heterocycles. The summed E-state index contributed by atoms with van der Waals surface area (Å²) in [5.41, 5.74) is 8.93. The van der Waals surface area contributed by atoms with Crippen molar-refractivity contribution in [1.82, 2.24) is 14.5 Å². The molecule has 0 aliphatic rings. The summed E-state index contributed by atoms with van der Waals surface area (Å²) in [5, 5.41) is 6.12. The van der Waals surface area contributed by atoms with E-state index in [-0.39, 0.29) is 20.1 Å². The van der Waals surface area contributed by atoms with Crippen molar-refractivity contribution in [1.29, 1.82) is 0 Å². The number of furan rings is 1. The second-order valence-electron chi connectivity index (χ2n) is 14.2. The molecule has 0 aliphatic carbocycles. The van der Waals surface area contributed by atoms with Crippen LogP contribution in [0.15, 0.2) is 144 Å². The van der Waals surface area contributed by atoms with Gasteiger partial charge in [-0.25, -0.2) is 0 Å². The standard InChI is InChI=1S/C31H17N2OS.C15H18NSi.Ir/c1-5-14-27-20(8-1)22-10-7-11-23(30(22)34-27)31-32-25-12-3-4-13-26(25)33(31)19-16-17-29-24(18-19)21-9-2-6-15-28(21)35-29;1-12-5-7-13(8-6-12)15-10-9-14(11-16-15)17(2,3)4;/h1-10,12-18H;5-7,9-11H,1-4H3;/q2*-1;. The molecule has 4 nitrogen and oxygen atoms in total. The second kappa shape index (κ2) is 14.0. The average molecular weight is 898 g/mol. The van der Waals surface area contributed by atoms with Crippen LogP contribution in [0.2, 0.25) is 19.6 Å². The van der Waals surface area contributed by atoms with Crippen molar-refractivity contribution < 1.29 is 24.5 Å². The monoisotopic (exact) mass is 898 g/mol. The van der Waals surface area contributed by atoms with Crippen LogP contribution in [0.4, 0.5) is 0 Å². The average Bonchev–Trinajstić information content (AvgIpc) is 3.86. The molecule has 0 fully saturated rings. The number of aryl methyl sites for hydroxylation is 1. The molecule has 0 bridgehead atoms. The van der Waals surface area contributed by atoms with Gasteiger partial charge in [0.15, 0.2) is 0 Å². The van der Waals surface area contributed by atoms with Gasteiger partial charge in [0.05, 0.1) is 30.5 Å². The van der Waals surface area contributed by atoms with E-state index >= 15 is 0 Å². The number of rotatable bonds is 4. The van der Waals surface area contributed by atoms with E-state index in [9.17, 15) is 0 Å². The van der Waals surface area contributed by atoms with Gasteiger partial charge >= 0.3 is 0 Å². The fraction of sp³-hybridized carbons (Fsp3) is 0.0870. The van der Waals surface area contributed by atoms with Gasteiger partial charge in [-0.1, -0.05) is 98.2 Å². The number of hydrogen-bond donors (Lipinski definition) is 0. The van der Waals surface area contributed by atoms with Crippen LogP contribution in [0.1, 0.15) is 5.56 Å². The van der Waals surface area contributed by atoms with E-state index in [4.69, 9.17) is 9.40 Å². The molecule has 0 N–H and O–H groups in total. The Morgan fingerprint density at radius 1 is 0.717 bits per heavy atom. The van der Waals surface area contributed by atoms with Gasteiger partial charge in [-0.15, -0.1) is 64.9 Å². The molecule has 7 heteroatoms. The van der Waals surface area contributed by atoms with E-state index < -0.39 is 8.07 Å². The Balaban J connectivity index is 0.000000189. The third-order valence-corrected chi connectivity index (χ3v) is 12.8. The molecule has 4 heterocycles. The number of thiophene rings is 1. The van der Waals surface area contributed by atoms with E-state index in [2.05, 4.69) is 145 Å². The molecule has 0 atom stereocenters. The van der Waals surface area contributed by atoms with Crippen molar-refractivity contribution in [2.24, 2.45) is 0 Å². The van der Waals surface area contributed by atoms with Crippen LogP contribution < -0.4 is 5.19 Å². The SMILES string of the molecule is Cc1c[c-]c(-c2ccc([Si](C)(C)C)cn2)cc1.[Ir].[c-]1ccc2c(oc3ccccc32)c1-c1nc2ccccc2n1-c1ccc2sc3ccccc3c2c1. The molecular weight excluding hydrogens is 863 g/mol. The maximum atomic E-state index is 6.36. The Morgan fingerprint density at radius 3 is 2.28 bits per heavy atom. The third kappa shape index (κ3) is 6.45. The molecule has 261 valence electrons. The molecule has 4 aromatic heterocycles. The van der Waals surface area contributed by atoms with E-state index in [1.165, 1.54) is 30.9 Å². The number of benzene rings is 6. The van der Waals surface area contributed by atoms with Crippen molar-refractivity contribution >= 4 is 77.7 Å². The Labute approximate surface area is 327 Å². The molecule has 0 saturated carbocycles. The minimum absolute atomic E-state index is 0. The summed E-state index contributed by atoms with van der Waals surface area (Å²) in [6.07, 6.45) is 2.02. The first kappa shape index (κ1) is 34.9. The minimum atomic E-state index is -1.24. The van der Waals surface area contributed by atoms with Gasteiger partial charge < -0.3 is 14.0 Å². The Kier molecular flexibility index (Phi) is 9.21. The van der Waals surface area contributed by atoms with Gasteiger partial charge in [0.1, 0.15) is 5.58 Å². The van der Waals surface area contributed by atoms with Crippen molar-refractivity contribution in [3.05, 3.63) is 157 Å². The van der Waals surface area contributed by atoms with Gasteiger partial charge in [0.25, 0.3) is 0 Å². The smallest absolute Gasteiger partial charge is 0.120 e. The van der Waals surface area contributed by atoms with Crippen LogP contribution in [-0.2, 0) is 20.1 Å². The zero-order chi connectivity index (χ0) is 35.4. The first-order valence-corrected chi connectivity index (χ1v) is 21.8. The van der Waals surface area contributed by atoms with Crippen LogP contribution in [-0.4, -0.2) is 22.6 Å². The maximum absolute atomic E-state index is 6.36. The molecule has 0 saturated heterocycles. The molecular formula is C46H35IrN3OSSi-2. The first-order valence-electron chi connectivity index (χ1n) is 17.5. The van der Waals surface area contributed by atoms with Crippen molar-refractivity contribution in [2.45, 2.75) is 26.6 Å². The number of imidazole rings is 1. The molecule has 0 amide bonds. The van der Waals surface area contributed by atoms with E-state index in [0.717, 1.165) is 61.3 Å². The summed E-state index contributed by atoms with van der Waals surface area (Å²) >= 11 is 1.83. The number of hydrogen-bond acceptors (Lipinski definition) is 4. The summed E-state index contributed by atoms with van der Waals surface area (Å²) in [4.78, 5) is 9.63. The van der Waals surface area contributed by atoms with Crippen LogP contribution in [0.25, 0.3) is 81.5 Å². The number of nitrogens with zero attached hydrogens (tertiary/aromatic N) is 3. The predicted molar refractivity (Wildman–Crippen MR) is 222 cm³/mol. The van der Waals surface area contributed by atoms with E-state index in [0.29, 0.717) is 0 Å². The third-order valence-electron chi connectivity index (χ3n) is 9.62. The van der Waals surface area contributed by atoms with Crippen LogP contribution in [0.3, 0.4) is 0 Å².